The average Bonchev–Trinajstić information content (AvgIpc) is 3.56. The van der Waals surface area contributed by atoms with Gasteiger partial charge < -0.3 is 18.9 Å². The van der Waals surface area contributed by atoms with Gasteiger partial charge in [0.05, 0.1) is 12.7 Å². The molecule has 0 radical (unpaired) electrons. The first kappa shape index (κ1) is 21.0. The molecule has 162 valence electrons. The summed E-state index contributed by atoms with van der Waals surface area (Å²) in [6, 6.07) is 14.7. The van der Waals surface area contributed by atoms with Crippen molar-refractivity contribution >= 4 is 11.8 Å². The van der Waals surface area contributed by atoms with Gasteiger partial charge in [-0.05, 0) is 48.5 Å². The van der Waals surface area contributed by atoms with Crippen LogP contribution in [0.5, 0.6) is 0 Å². The number of nitrogens with zero attached hydrogens (tertiary/aromatic N) is 6. The van der Waals surface area contributed by atoms with Crippen LogP contribution in [-0.4, -0.2) is 67.9 Å². The number of amides is 2. The lowest BCUT2D eigenvalue weighted by Crippen LogP contribution is -2.37. The Morgan fingerprint density at radius 2 is 1.06 bits per heavy atom. The maximum Gasteiger partial charge on any atom is 0.253 e. The number of imidazole rings is 2. The van der Waals surface area contributed by atoms with Gasteiger partial charge in [0.25, 0.3) is 11.8 Å². The molecule has 4 aromatic rings. The van der Waals surface area contributed by atoms with Crippen molar-refractivity contribution in [3.63, 3.8) is 0 Å². The third kappa shape index (κ3) is 4.59. The van der Waals surface area contributed by atoms with E-state index in [2.05, 4.69) is 9.97 Å². The second kappa shape index (κ2) is 9.30. The van der Waals surface area contributed by atoms with Gasteiger partial charge in [-0.15, -0.1) is 0 Å². The van der Waals surface area contributed by atoms with Crippen molar-refractivity contribution in [1.29, 1.82) is 0 Å². The van der Waals surface area contributed by atoms with E-state index in [4.69, 9.17) is 0 Å². The highest BCUT2D eigenvalue weighted by Crippen LogP contribution is 2.13. The third-order valence-electron chi connectivity index (χ3n) is 5.30. The second-order valence-electron chi connectivity index (χ2n) is 7.49. The molecule has 0 aliphatic carbocycles. The first-order valence-electron chi connectivity index (χ1n) is 10.2. The Morgan fingerprint density at radius 3 is 1.38 bits per heavy atom. The van der Waals surface area contributed by atoms with E-state index in [1.165, 1.54) is 0 Å². The van der Waals surface area contributed by atoms with E-state index in [0.29, 0.717) is 24.2 Å². The number of rotatable bonds is 7. The van der Waals surface area contributed by atoms with Gasteiger partial charge in [-0.3, -0.25) is 9.59 Å². The molecular weight excluding hydrogens is 404 g/mol. The molecule has 2 aromatic carbocycles. The number of hydrogen-bond acceptors (Lipinski definition) is 4. The lowest BCUT2D eigenvalue weighted by Gasteiger charge is -2.23. The molecule has 32 heavy (non-hydrogen) atoms. The summed E-state index contributed by atoms with van der Waals surface area (Å²) in [5.41, 5.74) is 3.07. The Kier molecular flexibility index (Phi) is 6.12. The summed E-state index contributed by atoms with van der Waals surface area (Å²) in [6.45, 7) is 0.856. The Bertz CT molecular complexity index is 1070. The fourth-order valence-corrected chi connectivity index (χ4v) is 3.32. The zero-order chi connectivity index (χ0) is 22.5. The molecule has 0 saturated carbocycles. The van der Waals surface area contributed by atoms with E-state index in [1.54, 1.807) is 73.2 Å². The number of carbonyl (C=O) groups excluding carboxylic acids is 2. The van der Waals surface area contributed by atoms with Gasteiger partial charge in [0, 0.05) is 74.5 Å². The van der Waals surface area contributed by atoms with Crippen LogP contribution in [0.4, 0.5) is 0 Å². The monoisotopic (exact) mass is 428 g/mol. The Labute approximate surface area is 186 Å². The molecule has 0 spiro atoms. The van der Waals surface area contributed by atoms with Gasteiger partial charge in [0.2, 0.25) is 0 Å². The van der Waals surface area contributed by atoms with Crippen molar-refractivity contribution in [2.45, 2.75) is 0 Å². The number of aromatic nitrogens is 4. The maximum atomic E-state index is 12.7. The molecule has 0 aliphatic rings. The summed E-state index contributed by atoms with van der Waals surface area (Å²) in [5.74, 6) is -0.180. The van der Waals surface area contributed by atoms with Crippen LogP contribution in [0.2, 0.25) is 0 Å². The van der Waals surface area contributed by atoms with Gasteiger partial charge in [-0.2, -0.15) is 0 Å². The van der Waals surface area contributed by atoms with Crippen LogP contribution in [-0.2, 0) is 0 Å². The third-order valence-corrected chi connectivity index (χ3v) is 5.30. The number of hydrogen-bond donors (Lipinski definition) is 0. The van der Waals surface area contributed by atoms with Crippen LogP contribution < -0.4 is 0 Å². The molecule has 0 N–H and O–H groups in total. The Balaban J connectivity index is 1.32. The van der Waals surface area contributed by atoms with Gasteiger partial charge in [0.15, 0.2) is 0 Å². The lowest BCUT2D eigenvalue weighted by molar-refractivity contribution is 0.0719. The van der Waals surface area contributed by atoms with Crippen LogP contribution in [0, 0.1) is 0 Å². The minimum absolute atomic E-state index is 0.0901. The van der Waals surface area contributed by atoms with Crippen molar-refractivity contribution in [1.82, 2.24) is 28.9 Å². The summed E-state index contributed by atoms with van der Waals surface area (Å²) in [7, 11) is 3.48. The summed E-state index contributed by atoms with van der Waals surface area (Å²) in [6.07, 6.45) is 10.5. The number of benzene rings is 2. The molecule has 2 amide bonds. The van der Waals surface area contributed by atoms with Crippen molar-refractivity contribution in [2.75, 3.05) is 27.2 Å². The molecule has 0 saturated heterocycles. The van der Waals surface area contributed by atoms with Crippen LogP contribution in [0.1, 0.15) is 20.7 Å². The van der Waals surface area contributed by atoms with E-state index in [-0.39, 0.29) is 11.8 Å². The molecule has 0 fully saturated rings. The summed E-state index contributed by atoms with van der Waals surface area (Å²) in [5, 5.41) is 0. The number of likely N-dealkylation sites (N-methyl/N-ethyl adjacent to an activating group) is 2. The fourth-order valence-electron chi connectivity index (χ4n) is 3.32. The van der Waals surface area contributed by atoms with Crippen molar-refractivity contribution in [2.24, 2.45) is 0 Å². The molecule has 8 nitrogen and oxygen atoms in total. The van der Waals surface area contributed by atoms with E-state index in [9.17, 15) is 9.59 Å². The second-order valence-corrected chi connectivity index (χ2v) is 7.49. The zero-order valence-corrected chi connectivity index (χ0v) is 18.0. The molecule has 2 aromatic heterocycles. The molecule has 4 rings (SSSR count). The highest BCUT2D eigenvalue weighted by atomic mass is 16.2. The normalized spacial score (nSPS) is 10.7. The van der Waals surface area contributed by atoms with Crippen LogP contribution in [0.15, 0.2) is 86.0 Å². The quantitative estimate of drug-likeness (QED) is 0.454. The van der Waals surface area contributed by atoms with E-state index in [0.717, 1.165) is 11.4 Å². The predicted molar refractivity (Wildman–Crippen MR) is 121 cm³/mol. The van der Waals surface area contributed by atoms with Crippen molar-refractivity contribution in [3.8, 4) is 11.4 Å². The largest absolute Gasteiger partial charge is 0.340 e. The molecule has 8 heteroatoms. The zero-order valence-electron chi connectivity index (χ0n) is 18.0. The smallest absolute Gasteiger partial charge is 0.253 e. The minimum Gasteiger partial charge on any atom is -0.340 e. The van der Waals surface area contributed by atoms with Gasteiger partial charge in [-0.25, -0.2) is 9.97 Å². The molecule has 0 atom stereocenters. The maximum absolute atomic E-state index is 12.7. The highest BCUT2D eigenvalue weighted by Gasteiger charge is 2.16. The minimum atomic E-state index is -0.0901. The Morgan fingerprint density at radius 1 is 0.688 bits per heavy atom. The van der Waals surface area contributed by atoms with E-state index < -0.39 is 0 Å². The van der Waals surface area contributed by atoms with Crippen LogP contribution >= 0.6 is 0 Å². The lowest BCUT2D eigenvalue weighted by atomic mass is 10.1. The first-order chi connectivity index (χ1) is 15.5. The summed E-state index contributed by atoms with van der Waals surface area (Å²) < 4.78 is 3.75. The van der Waals surface area contributed by atoms with Crippen molar-refractivity contribution < 1.29 is 9.59 Å². The Hall–Kier alpha value is -4.20. The van der Waals surface area contributed by atoms with Gasteiger partial charge in [0.1, 0.15) is 0 Å². The van der Waals surface area contributed by atoms with Crippen LogP contribution in [0.3, 0.4) is 0 Å². The summed E-state index contributed by atoms with van der Waals surface area (Å²) >= 11 is 0. The van der Waals surface area contributed by atoms with Gasteiger partial charge >= 0.3 is 0 Å². The standard InChI is InChI=1S/C24H24N6O2/c1-27(23(31)19-3-7-21(8-4-19)29-13-11-25-17-29)15-16-28(2)24(32)20-5-9-22(10-6-20)30-14-12-26-18-30/h3-14,17-18H,15-16H2,1-2H3. The van der Waals surface area contributed by atoms with Gasteiger partial charge in [-0.1, -0.05) is 0 Å². The van der Waals surface area contributed by atoms with Crippen molar-refractivity contribution in [3.05, 3.63) is 97.1 Å². The fraction of sp³-hybridized carbons (Fsp3) is 0.167. The molecule has 0 aliphatic heterocycles. The predicted octanol–water partition coefficient (Wildman–Crippen LogP) is 2.90. The van der Waals surface area contributed by atoms with E-state index >= 15 is 0 Å². The molecule has 2 heterocycles. The SMILES string of the molecule is CN(CCN(C)C(=O)c1ccc(-n2ccnc2)cc1)C(=O)c1ccc(-n2ccnc2)cc1. The average molecular weight is 428 g/mol. The molecular formula is C24H24N6O2. The summed E-state index contributed by atoms with van der Waals surface area (Å²) in [4.78, 5) is 36.8. The van der Waals surface area contributed by atoms with Crippen LogP contribution in [0.25, 0.3) is 11.4 Å². The highest BCUT2D eigenvalue weighted by molar-refractivity contribution is 5.95. The van der Waals surface area contributed by atoms with E-state index in [1.807, 2.05) is 45.8 Å². The topological polar surface area (TPSA) is 76.3 Å². The molecule has 0 unspecified atom stereocenters. The first-order valence-corrected chi connectivity index (χ1v) is 10.2. The number of carbonyl (C=O) groups is 2. The molecule has 0 bridgehead atoms.